The lowest BCUT2D eigenvalue weighted by Crippen LogP contribution is -2.17. The molecule has 3 heteroatoms. The molecule has 0 rings (SSSR count). The minimum atomic E-state index is -4.15. The van der Waals surface area contributed by atoms with Gasteiger partial charge in [-0.1, -0.05) is 43.4 Å². The zero-order chi connectivity index (χ0) is 10.5. The Balaban J connectivity index is 4.28. The quantitative estimate of drug-likeness (QED) is 0.592. The summed E-state index contributed by atoms with van der Waals surface area (Å²) in [7, 11) is 0. The molecule has 0 spiro atoms. The van der Waals surface area contributed by atoms with Gasteiger partial charge in [-0.05, 0) is 6.92 Å². The highest BCUT2D eigenvalue weighted by Gasteiger charge is 2.33. The second kappa shape index (κ2) is 4.90. The molecular formula is C10H13F3. The highest BCUT2D eigenvalue weighted by molar-refractivity contribution is 5.21. The maximum absolute atomic E-state index is 12.0. The van der Waals surface area contributed by atoms with E-state index in [0.717, 1.165) is 18.6 Å². The summed E-state index contributed by atoms with van der Waals surface area (Å²) in [6, 6.07) is 0. The third-order valence-electron chi connectivity index (χ3n) is 1.54. The molecule has 13 heavy (non-hydrogen) atoms. The third-order valence-corrected chi connectivity index (χ3v) is 1.54. The Hall–Kier alpha value is -0.990. The van der Waals surface area contributed by atoms with Crippen LogP contribution in [-0.4, -0.2) is 6.18 Å². The minimum absolute atomic E-state index is 0.756. The summed E-state index contributed by atoms with van der Waals surface area (Å²) in [6.45, 7) is 6.29. The van der Waals surface area contributed by atoms with E-state index in [4.69, 9.17) is 0 Å². The molecule has 1 atom stereocenters. The number of hydrogen-bond acceptors (Lipinski definition) is 0. The van der Waals surface area contributed by atoms with Crippen molar-refractivity contribution in [3.05, 3.63) is 36.5 Å². The van der Waals surface area contributed by atoms with Gasteiger partial charge in [0.25, 0.3) is 0 Å². The summed E-state index contributed by atoms with van der Waals surface area (Å²) in [5, 5.41) is 0. The summed E-state index contributed by atoms with van der Waals surface area (Å²) in [5.41, 5.74) is 0.756. The number of hydrogen-bond donors (Lipinski definition) is 0. The molecule has 0 aromatic carbocycles. The van der Waals surface area contributed by atoms with E-state index < -0.39 is 12.1 Å². The molecule has 0 aromatic rings. The third kappa shape index (κ3) is 5.28. The van der Waals surface area contributed by atoms with Crippen LogP contribution in [0.1, 0.15) is 13.8 Å². The molecule has 0 bridgehead atoms. The van der Waals surface area contributed by atoms with Crippen molar-refractivity contribution in [3.8, 4) is 0 Å². The minimum Gasteiger partial charge on any atom is -0.170 e. The molecule has 0 nitrogen and oxygen atoms in total. The molecule has 0 amide bonds. The van der Waals surface area contributed by atoms with Gasteiger partial charge in [-0.2, -0.15) is 13.2 Å². The highest BCUT2D eigenvalue weighted by atomic mass is 19.4. The van der Waals surface area contributed by atoms with Crippen molar-refractivity contribution in [2.75, 3.05) is 0 Å². The lowest BCUT2D eigenvalue weighted by Gasteiger charge is -2.10. The first-order valence-electron chi connectivity index (χ1n) is 3.92. The first kappa shape index (κ1) is 12.0. The second-order valence-electron chi connectivity index (χ2n) is 2.84. The first-order chi connectivity index (χ1) is 5.88. The van der Waals surface area contributed by atoms with Crippen LogP contribution in [0.5, 0.6) is 0 Å². The molecule has 0 aliphatic heterocycles. The van der Waals surface area contributed by atoms with Gasteiger partial charge in [0.2, 0.25) is 0 Å². The molecular weight excluding hydrogens is 177 g/mol. The van der Waals surface area contributed by atoms with Gasteiger partial charge in [-0.25, -0.2) is 0 Å². The van der Waals surface area contributed by atoms with E-state index in [-0.39, 0.29) is 0 Å². The fraction of sp³-hybridized carbons (Fsp3) is 0.400. The second-order valence-corrected chi connectivity index (χ2v) is 2.84. The average molecular weight is 190 g/mol. The number of rotatable bonds is 3. The predicted molar refractivity (Wildman–Crippen MR) is 48.3 cm³/mol. The Kier molecular flexibility index (Phi) is 4.52. The van der Waals surface area contributed by atoms with Crippen molar-refractivity contribution in [2.24, 2.45) is 5.92 Å². The van der Waals surface area contributed by atoms with E-state index in [0.29, 0.717) is 0 Å². The molecule has 0 aliphatic carbocycles. The van der Waals surface area contributed by atoms with Gasteiger partial charge in [0.1, 0.15) is 0 Å². The number of halogens is 3. The summed E-state index contributed by atoms with van der Waals surface area (Å²) in [4.78, 5) is 0. The fourth-order valence-corrected chi connectivity index (χ4v) is 0.647. The molecule has 0 radical (unpaired) electrons. The number of allylic oxidation sites excluding steroid dienone is 5. The smallest absolute Gasteiger partial charge is 0.170 e. The Morgan fingerprint density at radius 1 is 1.38 bits per heavy atom. The average Bonchev–Trinajstić information content (AvgIpc) is 1.99. The SMILES string of the molecule is C=C/C=C(C)\C=C/C(C)C(F)(F)F. The molecule has 0 saturated heterocycles. The van der Waals surface area contributed by atoms with E-state index in [9.17, 15) is 13.2 Å². The Morgan fingerprint density at radius 2 is 1.92 bits per heavy atom. The molecule has 74 valence electrons. The van der Waals surface area contributed by atoms with Crippen LogP contribution in [0.25, 0.3) is 0 Å². The Morgan fingerprint density at radius 3 is 2.31 bits per heavy atom. The van der Waals surface area contributed by atoms with E-state index in [1.54, 1.807) is 13.0 Å². The van der Waals surface area contributed by atoms with Crippen molar-refractivity contribution in [1.29, 1.82) is 0 Å². The van der Waals surface area contributed by atoms with Gasteiger partial charge in [0.15, 0.2) is 0 Å². The standard InChI is InChI=1S/C10H13F3/c1-4-5-8(2)6-7-9(3)10(11,12)13/h4-7,9H,1H2,2-3H3/b7-6-,8-5-. The zero-order valence-corrected chi connectivity index (χ0v) is 7.73. The monoisotopic (exact) mass is 190 g/mol. The van der Waals surface area contributed by atoms with Gasteiger partial charge in [0, 0.05) is 0 Å². The topological polar surface area (TPSA) is 0 Å². The molecule has 0 aromatic heterocycles. The van der Waals surface area contributed by atoms with E-state index in [2.05, 4.69) is 6.58 Å². The maximum Gasteiger partial charge on any atom is 0.394 e. The Bertz CT molecular complexity index is 221. The van der Waals surface area contributed by atoms with Crippen LogP contribution < -0.4 is 0 Å². The molecule has 0 N–H and O–H groups in total. The van der Waals surface area contributed by atoms with Crippen LogP contribution in [0, 0.1) is 5.92 Å². The summed E-state index contributed by atoms with van der Waals surface area (Å²) >= 11 is 0. The van der Waals surface area contributed by atoms with Gasteiger partial charge >= 0.3 is 6.18 Å². The molecule has 0 heterocycles. The van der Waals surface area contributed by atoms with Crippen LogP contribution in [0.4, 0.5) is 13.2 Å². The van der Waals surface area contributed by atoms with E-state index >= 15 is 0 Å². The highest BCUT2D eigenvalue weighted by Crippen LogP contribution is 2.26. The van der Waals surface area contributed by atoms with Crippen LogP contribution in [0.3, 0.4) is 0 Å². The fourth-order valence-electron chi connectivity index (χ4n) is 0.647. The zero-order valence-electron chi connectivity index (χ0n) is 7.73. The van der Waals surface area contributed by atoms with Crippen molar-refractivity contribution in [3.63, 3.8) is 0 Å². The lowest BCUT2D eigenvalue weighted by molar-refractivity contribution is -0.156. The molecule has 1 unspecified atom stereocenters. The summed E-state index contributed by atoms with van der Waals surface area (Å²) < 4.78 is 36.0. The van der Waals surface area contributed by atoms with Crippen LogP contribution in [0.2, 0.25) is 0 Å². The van der Waals surface area contributed by atoms with Gasteiger partial charge in [-0.15, -0.1) is 0 Å². The van der Waals surface area contributed by atoms with Crippen molar-refractivity contribution >= 4 is 0 Å². The van der Waals surface area contributed by atoms with Crippen molar-refractivity contribution in [1.82, 2.24) is 0 Å². The van der Waals surface area contributed by atoms with Gasteiger partial charge in [-0.3, -0.25) is 0 Å². The van der Waals surface area contributed by atoms with Gasteiger partial charge < -0.3 is 0 Å². The Labute approximate surface area is 76.5 Å². The van der Waals surface area contributed by atoms with Crippen LogP contribution in [0.15, 0.2) is 36.5 Å². The maximum atomic E-state index is 12.0. The predicted octanol–water partition coefficient (Wildman–Crippen LogP) is 3.87. The first-order valence-corrected chi connectivity index (χ1v) is 3.92. The summed E-state index contributed by atoms with van der Waals surface area (Å²) in [6.07, 6.45) is 1.62. The van der Waals surface area contributed by atoms with E-state index in [1.165, 1.54) is 12.2 Å². The van der Waals surface area contributed by atoms with E-state index in [1.807, 2.05) is 0 Å². The summed E-state index contributed by atoms with van der Waals surface area (Å²) in [5.74, 6) is -1.40. The molecule has 0 aliphatic rings. The van der Waals surface area contributed by atoms with Crippen molar-refractivity contribution < 1.29 is 13.2 Å². The molecule has 0 saturated carbocycles. The number of alkyl halides is 3. The van der Waals surface area contributed by atoms with Crippen molar-refractivity contribution in [2.45, 2.75) is 20.0 Å². The largest absolute Gasteiger partial charge is 0.394 e. The van der Waals surface area contributed by atoms with Gasteiger partial charge in [0.05, 0.1) is 5.92 Å². The van der Waals surface area contributed by atoms with Crippen LogP contribution >= 0.6 is 0 Å². The normalized spacial score (nSPS) is 16.2. The van der Waals surface area contributed by atoms with Crippen LogP contribution in [-0.2, 0) is 0 Å². The molecule has 0 fully saturated rings. The lowest BCUT2D eigenvalue weighted by atomic mass is 10.1.